The quantitative estimate of drug-likeness (QED) is 0.683. The highest BCUT2D eigenvalue weighted by Gasteiger charge is 2.09. The number of likely N-dealkylation sites (N-methyl/N-ethyl adjacent to an activating group) is 1. The fourth-order valence-corrected chi connectivity index (χ4v) is 1.77. The molecular formula is C12H16N2. The summed E-state index contributed by atoms with van der Waals surface area (Å²) in [6.07, 6.45) is 3.41. The van der Waals surface area contributed by atoms with E-state index in [4.69, 9.17) is 5.73 Å². The minimum absolute atomic E-state index is 0.849. The molecule has 2 nitrogen and oxygen atoms in total. The van der Waals surface area contributed by atoms with E-state index in [2.05, 4.69) is 30.2 Å². The first-order chi connectivity index (χ1) is 6.75. The number of hydrogen-bond acceptors (Lipinski definition) is 2. The van der Waals surface area contributed by atoms with Crippen molar-refractivity contribution < 1.29 is 0 Å². The highest BCUT2D eigenvalue weighted by molar-refractivity contribution is 5.69. The van der Waals surface area contributed by atoms with Gasteiger partial charge in [0, 0.05) is 18.8 Å². The van der Waals surface area contributed by atoms with Crippen LogP contribution >= 0.6 is 0 Å². The number of anilines is 1. The fourth-order valence-electron chi connectivity index (χ4n) is 1.77. The topological polar surface area (TPSA) is 29.3 Å². The lowest BCUT2D eigenvalue weighted by atomic mass is 9.99. The second-order valence-electron chi connectivity index (χ2n) is 3.87. The van der Waals surface area contributed by atoms with Gasteiger partial charge >= 0.3 is 0 Å². The number of nitrogens with zero attached hydrogens (tertiary/aromatic N) is 1. The summed E-state index contributed by atoms with van der Waals surface area (Å²) in [5.74, 6) is 0. The molecule has 1 aliphatic heterocycles. The van der Waals surface area contributed by atoms with E-state index in [0.717, 1.165) is 25.2 Å². The van der Waals surface area contributed by atoms with E-state index in [0.29, 0.717) is 0 Å². The molecule has 0 unspecified atom stereocenters. The molecule has 14 heavy (non-hydrogen) atoms. The smallest absolute Gasteiger partial charge is 0.0320 e. The standard InChI is InChI=1S/C12H16N2/c1-14-7-5-10(6-8-14)11-3-2-4-12(13)9-11/h2-5,9H,6-8,13H2,1H3. The molecule has 0 saturated carbocycles. The van der Waals surface area contributed by atoms with Crippen LogP contribution in [0, 0.1) is 0 Å². The molecule has 1 heterocycles. The number of nitrogens with two attached hydrogens (primary N) is 1. The summed E-state index contributed by atoms with van der Waals surface area (Å²) in [4.78, 5) is 2.32. The Hall–Kier alpha value is -1.28. The van der Waals surface area contributed by atoms with Crippen molar-refractivity contribution in [2.45, 2.75) is 6.42 Å². The third-order valence-electron chi connectivity index (χ3n) is 2.67. The molecular weight excluding hydrogens is 172 g/mol. The van der Waals surface area contributed by atoms with E-state index in [1.165, 1.54) is 11.1 Å². The van der Waals surface area contributed by atoms with Gasteiger partial charge in [-0.1, -0.05) is 18.2 Å². The number of hydrogen-bond donors (Lipinski definition) is 1. The average molecular weight is 188 g/mol. The van der Waals surface area contributed by atoms with Gasteiger partial charge in [0.05, 0.1) is 0 Å². The van der Waals surface area contributed by atoms with Crippen LogP contribution in [0.2, 0.25) is 0 Å². The molecule has 0 saturated heterocycles. The van der Waals surface area contributed by atoms with Gasteiger partial charge in [0.1, 0.15) is 0 Å². The SMILES string of the molecule is CN1CC=C(c2cccc(N)c2)CC1. The highest BCUT2D eigenvalue weighted by Crippen LogP contribution is 2.22. The van der Waals surface area contributed by atoms with Gasteiger partial charge in [-0.05, 0) is 36.7 Å². The molecule has 2 rings (SSSR count). The third kappa shape index (κ3) is 1.96. The second-order valence-corrected chi connectivity index (χ2v) is 3.87. The van der Waals surface area contributed by atoms with E-state index < -0.39 is 0 Å². The van der Waals surface area contributed by atoms with Gasteiger partial charge < -0.3 is 10.6 Å². The lowest BCUT2D eigenvalue weighted by molar-refractivity contribution is 0.370. The molecule has 0 atom stereocenters. The third-order valence-corrected chi connectivity index (χ3v) is 2.67. The Balaban J connectivity index is 2.23. The van der Waals surface area contributed by atoms with Gasteiger partial charge in [-0.2, -0.15) is 0 Å². The molecule has 0 amide bonds. The molecule has 74 valence electrons. The van der Waals surface area contributed by atoms with Crippen LogP contribution in [0.1, 0.15) is 12.0 Å². The molecule has 0 fully saturated rings. The van der Waals surface area contributed by atoms with Crippen molar-refractivity contribution in [3.63, 3.8) is 0 Å². The van der Waals surface area contributed by atoms with Crippen molar-refractivity contribution in [1.82, 2.24) is 4.90 Å². The van der Waals surface area contributed by atoms with Crippen molar-refractivity contribution in [3.05, 3.63) is 35.9 Å². The summed E-state index contributed by atoms with van der Waals surface area (Å²) in [6.45, 7) is 2.19. The Labute approximate surface area is 85.0 Å². The van der Waals surface area contributed by atoms with Gasteiger partial charge in [0.2, 0.25) is 0 Å². The van der Waals surface area contributed by atoms with Crippen molar-refractivity contribution in [3.8, 4) is 0 Å². The van der Waals surface area contributed by atoms with Crippen LogP contribution in [-0.2, 0) is 0 Å². The highest BCUT2D eigenvalue weighted by atomic mass is 15.1. The maximum absolute atomic E-state index is 5.75. The van der Waals surface area contributed by atoms with Gasteiger partial charge in [0.25, 0.3) is 0 Å². The summed E-state index contributed by atoms with van der Waals surface area (Å²) in [5.41, 5.74) is 9.31. The first kappa shape index (κ1) is 9.28. The number of rotatable bonds is 1. The van der Waals surface area contributed by atoms with E-state index in [-0.39, 0.29) is 0 Å². The van der Waals surface area contributed by atoms with Crippen LogP contribution < -0.4 is 5.73 Å². The van der Waals surface area contributed by atoms with Crippen molar-refractivity contribution in [2.75, 3.05) is 25.9 Å². The fraction of sp³-hybridized carbons (Fsp3) is 0.333. The molecule has 1 aliphatic rings. The Morgan fingerprint density at radius 3 is 2.86 bits per heavy atom. The van der Waals surface area contributed by atoms with E-state index >= 15 is 0 Å². The van der Waals surface area contributed by atoms with Gasteiger partial charge in [-0.15, -0.1) is 0 Å². The minimum atomic E-state index is 0.849. The molecule has 0 aromatic heterocycles. The van der Waals surface area contributed by atoms with Crippen LogP contribution in [0.3, 0.4) is 0 Å². The molecule has 2 heteroatoms. The molecule has 0 aliphatic carbocycles. The maximum Gasteiger partial charge on any atom is 0.0320 e. The largest absolute Gasteiger partial charge is 0.399 e. The van der Waals surface area contributed by atoms with Gasteiger partial charge in [-0.25, -0.2) is 0 Å². The van der Waals surface area contributed by atoms with E-state index in [1.807, 2.05) is 12.1 Å². The lowest BCUT2D eigenvalue weighted by Gasteiger charge is -2.22. The monoisotopic (exact) mass is 188 g/mol. The van der Waals surface area contributed by atoms with Crippen LogP contribution in [0.25, 0.3) is 5.57 Å². The summed E-state index contributed by atoms with van der Waals surface area (Å²) >= 11 is 0. The predicted molar refractivity (Wildman–Crippen MR) is 60.9 cm³/mol. The zero-order valence-corrected chi connectivity index (χ0v) is 8.53. The molecule has 1 aromatic carbocycles. The molecule has 0 bridgehead atoms. The predicted octanol–water partition coefficient (Wildman–Crippen LogP) is 1.99. The minimum Gasteiger partial charge on any atom is -0.399 e. The van der Waals surface area contributed by atoms with E-state index in [9.17, 15) is 0 Å². The van der Waals surface area contributed by atoms with Crippen LogP contribution in [0.4, 0.5) is 5.69 Å². The zero-order valence-electron chi connectivity index (χ0n) is 8.53. The molecule has 1 aromatic rings. The van der Waals surface area contributed by atoms with Gasteiger partial charge in [0.15, 0.2) is 0 Å². The molecule has 0 spiro atoms. The number of nitrogen functional groups attached to an aromatic ring is 1. The summed E-state index contributed by atoms with van der Waals surface area (Å²) in [6, 6.07) is 8.13. The normalized spacial score (nSPS) is 17.9. The first-order valence-corrected chi connectivity index (χ1v) is 4.99. The summed E-state index contributed by atoms with van der Waals surface area (Å²) in [5, 5.41) is 0. The summed E-state index contributed by atoms with van der Waals surface area (Å²) < 4.78 is 0. The van der Waals surface area contributed by atoms with Crippen LogP contribution in [0.15, 0.2) is 30.3 Å². The Morgan fingerprint density at radius 1 is 1.36 bits per heavy atom. The maximum atomic E-state index is 5.75. The first-order valence-electron chi connectivity index (χ1n) is 4.99. The Morgan fingerprint density at radius 2 is 2.21 bits per heavy atom. The Bertz CT molecular complexity index is 355. The van der Waals surface area contributed by atoms with Crippen LogP contribution in [-0.4, -0.2) is 25.0 Å². The average Bonchev–Trinajstić information content (AvgIpc) is 2.19. The Kier molecular flexibility index (Phi) is 2.55. The van der Waals surface area contributed by atoms with Crippen molar-refractivity contribution in [2.24, 2.45) is 0 Å². The molecule has 2 N–H and O–H groups in total. The van der Waals surface area contributed by atoms with E-state index in [1.54, 1.807) is 0 Å². The summed E-state index contributed by atoms with van der Waals surface area (Å²) in [7, 11) is 2.15. The van der Waals surface area contributed by atoms with Gasteiger partial charge in [-0.3, -0.25) is 0 Å². The second kappa shape index (κ2) is 3.84. The zero-order chi connectivity index (χ0) is 9.97. The van der Waals surface area contributed by atoms with Crippen molar-refractivity contribution in [1.29, 1.82) is 0 Å². The van der Waals surface area contributed by atoms with Crippen LogP contribution in [0.5, 0.6) is 0 Å². The van der Waals surface area contributed by atoms with Crippen molar-refractivity contribution >= 4 is 11.3 Å². The lowest BCUT2D eigenvalue weighted by Crippen LogP contribution is -2.23. The molecule has 0 radical (unpaired) electrons. The number of benzene rings is 1.